The lowest BCUT2D eigenvalue weighted by Crippen LogP contribution is -1.81. The summed E-state index contributed by atoms with van der Waals surface area (Å²) in [6, 6.07) is 10.7. The number of hydrogen-bond acceptors (Lipinski definition) is 2. The molecule has 0 radical (unpaired) electrons. The highest BCUT2D eigenvalue weighted by Crippen LogP contribution is 2.35. The zero-order chi connectivity index (χ0) is 13.4. The van der Waals surface area contributed by atoms with E-state index in [-0.39, 0.29) is 5.82 Å². The lowest BCUT2D eigenvalue weighted by molar-refractivity contribution is 0.628. The number of aryl methyl sites for hydroxylation is 1. The first-order valence-corrected chi connectivity index (χ1v) is 7.63. The minimum absolute atomic E-state index is 0.214. The van der Waals surface area contributed by atoms with E-state index < -0.39 is 0 Å². The van der Waals surface area contributed by atoms with Crippen molar-refractivity contribution in [2.24, 2.45) is 0 Å². The zero-order valence-electron chi connectivity index (χ0n) is 10.3. The van der Waals surface area contributed by atoms with E-state index in [1.807, 2.05) is 18.2 Å². The van der Waals surface area contributed by atoms with Gasteiger partial charge in [-0.2, -0.15) is 0 Å². The predicted molar refractivity (Wildman–Crippen MR) is 82.1 cm³/mol. The molecule has 0 bridgehead atoms. The van der Waals surface area contributed by atoms with Crippen LogP contribution in [-0.2, 0) is 6.42 Å². The van der Waals surface area contributed by atoms with Crippen molar-refractivity contribution in [2.75, 3.05) is 0 Å². The quantitative estimate of drug-likeness (QED) is 0.608. The number of benzene rings is 2. The van der Waals surface area contributed by atoms with E-state index in [2.05, 4.69) is 33.9 Å². The number of aromatic nitrogens is 1. The molecular formula is C15H11BrFNS. The Kier molecular flexibility index (Phi) is 3.37. The van der Waals surface area contributed by atoms with Gasteiger partial charge in [0, 0.05) is 10.0 Å². The summed E-state index contributed by atoms with van der Waals surface area (Å²) in [5, 5.41) is 1.12. The van der Waals surface area contributed by atoms with Crippen molar-refractivity contribution in [3.05, 3.63) is 51.7 Å². The van der Waals surface area contributed by atoms with Gasteiger partial charge >= 0.3 is 0 Å². The van der Waals surface area contributed by atoms with E-state index in [0.29, 0.717) is 0 Å². The molecule has 4 heteroatoms. The van der Waals surface area contributed by atoms with E-state index in [4.69, 9.17) is 0 Å². The highest BCUT2D eigenvalue weighted by atomic mass is 79.9. The third kappa shape index (κ3) is 2.42. The lowest BCUT2D eigenvalue weighted by Gasteiger charge is -2.04. The molecule has 0 aliphatic carbocycles. The van der Waals surface area contributed by atoms with Crippen LogP contribution in [0.1, 0.15) is 11.9 Å². The van der Waals surface area contributed by atoms with Crippen molar-refractivity contribution < 1.29 is 4.39 Å². The van der Waals surface area contributed by atoms with E-state index in [1.165, 1.54) is 12.1 Å². The van der Waals surface area contributed by atoms with Crippen molar-refractivity contribution in [1.82, 2.24) is 4.98 Å². The number of thiazole rings is 1. The zero-order valence-corrected chi connectivity index (χ0v) is 12.7. The smallest absolute Gasteiger partial charge is 0.123 e. The van der Waals surface area contributed by atoms with Gasteiger partial charge in [-0.05, 0) is 36.2 Å². The first-order chi connectivity index (χ1) is 9.17. The summed E-state index contributed by atoms with van der Waals surface area (Å²) >= 11 is 5.22. The normalized spacial score (nSPS) is 11.1. The molecule has 1 heterocycles. The van der Waals surface area contributed by atoms with Crippen molar-refractivity contribution in [1.29, 1.82) is 0 Å². The summed E-state index contributed by atoms with van der Waals surface area (Å²) in [5.41, 5.74) is 3.11. The van der Waals surface area contributed by atoms with Gasteiger partial charge in [-0.15, -0.1) is 11.3 Å². The van der Waals surface area contributed by atoms with Gasteiger partial charge < -0.3 is 0 Å². The fourth-order valence-corrected chi connectivity index (χ4v) is 3.51. The topological polar surface area (TPSA) is 12.9 Å². The minimum atomic E-state index is -0.214. The SMILES string of the molecule is CCc1nc2cc(Br)cc(-c3ccc(F)cc3)c2s1. The van der Waals surface area contributed by atoms with Gasteiger partial charge in [0.05, 0.1) is 15.2 Å². The molecule has 3 aromatic rings. The average molecular weight is 336 g/mol. The monoisotopic (exact) mass is 335 g/mol. The van der Waals surface area contributed by atoms with Crippen LogP contribution < -0.4 is 0 Å². The Morgan fingerprint density at radius 2 is 1.95 bits per heavy atom. The molecule has 0 N–H and O–H groups in total. The van der Waals surface area contributed by atoms with Crippen molar-refractivity contribution >= 4 is 37.5 Å². The minimum Gasteiger partial charge on any atom is -0.241 e. The average Bonchev–Trinajstić information content (AvgIpc) is 2.81. The third-order valence-electron chi connectivity index (χ3n) is 2.96. The molecule has 0 unspecified atom stereocenters. The van der Waals surface area contributed by atoms with Crippen LogP contribution in [0.25, 0.3) is 21.3 Å². The molecule has 0 aliphatic heterocycles. The fourth-order valence-electron chi connectivity index (χ4n) is 2.04. The first kappa shape index (κ1) is 12.8. The first-order valence-electron chi connectivity index (χ1n) is 6.02. The molecule has 19 heavy (non-hydrogen) atoms. The Hall–Kier alpha value is -1.26. The van der Waals surface area contributed by atoms with Crippen LogP contribution in [-0.4, -0.2) is 4.98 Å². The molecule has 0 saturated carbocycles. The Morgan fingerprint density at radius 1 is 1.21 bits per heavy atom. The van der Waals surface area contributed by atoms with Crippen LogP contribution in [0, 0.1) is 5.82 Å². The maximum Gasteiger partial charge on any atom is 0.123 e. The highest BCUT2D eigenvalue weighted by Gasteiger charge is 2.10. The summed E-state index contributed by atoms with van der Waals surface area (Å²) in [7, 11) is 0. The third-order valence-corrected chi connectivity index (χ3v) is 4.66. The second-order valence-electron chi connectivity index (χ2n) is 4.27. The molecule has 0 amide bonds. The standard InChI is InChI=1S/C15H11BrFNS/c1-2-14-18-13-8-10(16)7-12(15(13)19-14)9-3-5-11(17)6-4-9/h3-8H,2H2,1H3. The highest BCUT2D eigenvalue weighted by molar-refractivity contribution is 9.10. The number of rotatable bonds is 2. The largest absolute Gasteiger partial charge is 0.241 e. The lowest BCUT2D eigenvalue weighted by atomic mass is 10.1. The van der Waals surface area contributed by atoms with Crippen LogP contribution in [0.4, 0.5) is 4.39 Å². The van der Waals surface area contributed by atoms with Gasteiger partial charge in [0.15, 0.2) is 0 Å². The molecule has 1 nitrogen and oxygen atoms in total. The molecule has 0 atom stereocenters. The number of nitrogens with zero attached hydrogens (tertiary/aromatic N) is 1. The predicted octanol–water partition coefficient (Wildman–Crippen LogP) is 5.43. The van der Waals surface area contributed by atoms with E-state index in [9.17, 15) is 4.39 Å². The van der Waals surface area contributed by atoms with Gasteiger partial charge in [0.2, 0.25) is 0 Å². The summed E-state index contributed by atoms with van der Waals surface area (Å²) in [6.07, 6.45) is 0.930. The van der Waals surface area contributed by atoms with Crippen LogP contribution in [0.3, 0.4) is 0 Å². The van der Waals surface area contributed by atoms with E-state index in [1.54, 1.807) is 11.3 Å². The second kappa shape index (κ2) is 5.02. The van der Waals surface area contributed by atoms with Gasteiger partial charge in [-0.1, -0.05) is 35.0 Å². The van der Waals surface area contributed by atoms with Crippen molar-refractivity contribution in [3.8, 4) is 11.1 Å². The maximum absolute atomic E-state index is 13.0. The summed E-state index contributed by atoms with van der Waals surface area (Å²) < 4.78 is 15.2. The van der Waals surface area contributed by atoms with Gasteiger partial charge in [-0.25, -0.2) is 9.37 Å². The molecule has 0 aliphatic rings. The molecule has 1 aromatic heterocycles. The molecule has 96 valence electrons. The summed E-state index contributed by atoms with van der Waals surface area (Å²) in [4.78, 5) is 4.61. The van der Waals surface area contributed by atoms with Crippen molar-refractivity contribution in [3.63, 3.8) is 0 Å². The van der Waals surface area contributed by atoms with Crippen LogP contribution in [0.15, 0.2) is 40.9 Å². The molecular weight excluding hydrogens is 325 g/mol. The Bertz CT molecular complexity index is 734. The van der Waals surface area contributed by atoms with Crippen LogP contribution in [0.2, 0.25) is 0 Å². The fraction of sp³-hybridized carbons (Fsp3) is 0.133. The number of halogens is 2. The molecule has 0 saturated heterocycles. The molecule has 3 rings (SSSR count). The maximum atomic E-state index is 13.0. The van der Waals surface area contributed by atoms with Crippen LogP contribution in [0.5, 0.6) is 0 Å². The summed E-state index contributed by atoms with van der Waals surface area (Å²) in [6.45, 7) is 2.10. The van der Waals surface area contributed by atoms with Crippen molar-refractivity contribution in [2.45, 2.75) is 13.3 Å². The van der Waals surface area contributed by atoms with Gasteiger partial charge in [0.1, 0.15) is 5.82 Å². The Labute approximate surface area is 123 Å². The number of fused-ring (bicyclic) bond motifs is 1. The van der Waals surface area contributed by atoms with E-state index in [0.717, 1.165) is 37.2 Å². The second-order valence-corrected chi connectivity index (χ2v) is 6.27. The van der Waals surface area contributed by atoms with Gasteiger partial charge in [-0.3, -0.25) is 0 Å². The van der Waals surface area contributed by atoms with E-state index >= 15 is 0 Å². The number of hydrogen-bond donors (Lipinski definition) is 0. The van der Waals surface area contributed by atoms with Crippen LogP contribution >= 0.6 is 27.3 Å². The Balaban J connectivity index is 2.26. The van der Waals surface area contributed by atoms with Gasteiger partial charge in [0.25, 0.3) is 0 Å². The molecule has 0 fully saturated rings. The Morgan fingerprint density at radius 3 is 2.63 bits per heavy atom. The molecule has 2 aromatic carbocycles. The summed E-state index contributed by atoms with van der Waals surface area (Å²) in [5.74, 6) is -0.214. The molecule has 0 spiro atoms.